The summed E-state index contributed by atoms with van der Waals surface area (Å²) in [5.41, 5.74) is 2.48. The lowest BCUT2D eigenvalue weighted by Gasteiger charge is -2.28. The normalized spacial score (nSPS) is 12.5. The summed E-state index contributed by atoms with van der Waals surface area (Å²) < 4.78 is 25.9. The average Bonchev–Trinajstić information content (AvgIpc) is 2.66. The molecule has 3 aromatic carbocycles. The number of rotatable bonds is 6. The SMILES string of the molecule is Cc1ccc(N([C@H](C)C(=O)NCc2cccc3ccccc23)S(C)(=O)=O)cc1. The molecule has 0 bridgehead atoms. The van der Waals surface area contributed by atoms with Gasteiger partial charge in [0.05, 0.1) is 11.9 Å². The quantitative estimate of drug-likeness (QED) is 0.692. The molecule has 0 saturated heterocycles. The average molecular weight is 397 g/mol. The van der Waals surface area contributed by atoms with E-state index in [0.29, 0.717) is 12.2 Å². The maximum atomic E-state index is 12.8. The van der Waals surface area contributed by atoms with E-state index in [0.717, 1.165) is 32.5 Å². The second-order valence-electron chi connectivity index (χ2n) is 6.93. The zero-order valence-corrected chi connectivity index (χ0v) is 17.0. The van der Waals surface area contributed by atoms with Crippen LogP contribution in [-0.2, 0) is 21.4 Å². The second-order valence-corrected chi connectivity index (χ2v) is 8.79. The standard InChI is InChI=1S/C22H24N2O3S/c1-16-11-13-20(14-12-16)24(28(3,26)27)17(2)22(25)23-15-19-9-6-8-18-7-4-5-10-21(18)19/h4-14,17H,15H2,1-3H3,(H,23,25)/t17-/m1/s1. The van der Waals surface area contributed by atoms with Gasteiger partial charge in [-0.15, -0.1) is 0 Å². The fourth-order valence-electron chi connectivity index (χ4n) is 3.28. The molecule has 0 heterocycles. The van der Waals surface area contributed by atoms with Gasteiger partial charge in [-0.2, -0.15) is 0 Å². The number of anilines is 1. The van der Waals surface area contributed by atoms with E-state index in [-0.39, 0.29) is 5.91 Å². The summed E-state index contributed by atoms with van der Waals surface area (Å²) in [5.74, 6) is -0.348. The molecule has 1 atom stereocenters. The smallest absolute Gasteiger partial charge is 0.243 e. The largest absolute Gasteiger partial charge is 0.350 e. The van der Waals surface area contributed by atoms with Gasteiger partial charge < -0.3 is 5.32 Å². The van der Waals surface area contributed by atoms with E-state index in [1.165, 1.54) is 0 Å². The van der Waals surface area contributed by atoms with Crippen molar-refractivity contribution in [3.8, 4) is 0 Å². The predicted molar refractivity (Wildman–Crippen MR) is 114 cm³/mol. The van der Waals surface area contributed by atoms with Crippen molar-refractivity contribution in [2.45, 2.75) is 26.4 Å². The molecule has 28 heavy (non-hydrogen) atoms. The van der Waals surface area contributed by atoms with Gasteiger partial charge in [0.25, 0.3) is 0 Å². The van der Waals surface area contributed by atoms with Gasteiger partial charge in [-0.1, -0.05) is 60.2 Å². The van der Waals surface area contributed by atoms with Crippen LogP contribution >= 0.6 is 0 Å². The Balaban J connectivity index is 1.81. The van der Waals surface area contributed by atoms with E-state index in [9.17, 15) is 13.2 Å². The number of nitrogens with zero attached hydrogens (tertiary/aromatic N) is 1. The summed E-state index contributed by atoms with van der Waals surface area (Å²) in [7, 11) is -3.62. The van der Waals surface area contributed by atoms with Crippen LogP contribution in [0.2, 0.25) is 0 Å². The van der Waals surface area contributed by atoms with Crippen LogP contribution in [0.15, 0.2) is 66.7 Å². The van der Waals surface area contributed by atoms with E-state index in [1.807, 2.05) is 61.5 Å². The Labute approximate surface area is 166 Å². The maximum Gasteiger partial charge on any atom is 0.243 e. The Morgan fingerprint density at radius 1 is 1.00 bits per heavy atom. The molecular weight excluding hydrogens is 372 g/mol. The van der Waals surface area contributed by atoms with Gasteiger partial charge in [0, 0.05) is 6.54 Å². The van der Waals surface area contributed by atoms with Crippen molar-refractivity contribution in [3.05, 3.63) is 77.9 Å². The molecule has 0 unspecified atom stereocenters. The van der Waals surface area contributed by atoms with Crippen molar-refractivity contribution in [2.24, 2.45) is 0 Å². The lowest BCUT2D eigenvalue weighted by atomic mass is 10.0. The second kappa shape index (κ2) is 8.02. The Kier molecular flexibility index (Phi) is 5.70. The molecule has 0 spiro atoms. The van der Waals surface area contributed by atoms with Crippen LogP contribution in [0.3, 0.4) is 0 Å². The lowest BCUT2D eigenvalue weighted by Crippen LogP contribution is -2.47. The molecule has 0 fully saturated rings. The van der Waals surface area contributed by atoms with Crippen LogP contribution in [0.4, 0.5) is 5.69 Å². The third-order valence-electron chi connectivity index (χ3n) is 4.71. The van der Waals surface area contributed by atoms with E-state index < -0.39 is 16.1 Å². The molecule has 1 amide bonds. The number of nitrogens with one attached hydrogen (secondary N) is 1. The number of fused-ring (bicyclic) bond motifs is 1. The summed E-state index contributed by atoms with van der Waals surface area (Å²) >= 11 is 0. The fourth-order valence-corrected chi connectivity index (χ4v) is 4.45. The van der Waals surface area contributed by atoms with Crippen molar-refractivity contribution in [3.63, 3.8) is 0 Å². The molecule has 6 heteroatoms. The van der Waals surface area contributed by atoms with Gasteiger partial charge in [0.2, 0.25) is 15.9 Å². The molecule has 3 aromatic rings. The monoisotopic (exact) mass is 396 g/mol. The molecule has 146 valence electrons. The number of hydrogen-bond acceptors (Lipinski definition) is 3. The van der Waals surface area contributed by atoms with Crippen molar-refractivity contribution in [2.75, 3.05) is 10.6 Å². The Morgan fingerprint density at radius 2 is 1.64 bits per heavy atom. The van der Waals surface area contributed by atoms with Gasteiger partial charge in [0.15, 0.2) is 0 Å². The molecule has 0 aliphatic rings. The third-order valence-corrected chi connectivity index (χ3v) is 5.95. The molecule has 0 aliphatic heterocycles. The lowest BCUT2D eigenvalue weighted by molar-refractivity contribution is -0.122. The predicted octanol–water partition coefficient (Wildman–Crippen LogP) is 3.62. The van der Waals surface area contributed by atoms with Crippen molar-refractivity contribution >= 4 is 32.4 Å². The van der Waals surface area contributed by atoms with Crippen molar-refractivity contribution < 1.29 is 13.2 Å². The highest BCUT2D eigenvalue weighted by Gasteiger charge is 2.28. The molecule has 0 radical (unpaired) electrons. The van der Waals surface area contributed by atoms with E-state index >= 15 is 0 Å². The molecule has 0 aliphatic carbocycles. The van der Waals surface area contributed by atoms with Gasteiger partial charge in [-0.25, -0.2) is 8.42 Å². The number of amides is 1. The summed E-state index contributed by atoms with van der Waals surface area (Å²) in [6, 6.07) is 20.1. The maximum absolute atomic E-state index is 12.8. The zero-order chi connectivity index (χ0) is 20.3. The van der Waals surface area contributed by atoms with Gasteiger partial charge in [-0.3, -0.25) is 9.10 Å². The molecule has 0 aromatic heterocycles. The van der Waals surface area contributed by atoms with Crippen LogP contribution in [0.5, 0.6) is 0 Å². The van der Waals surface area contributed by atoms with E-state index in [2.05, 4.69) is 5.32 Å². The molecule has 0 saturated carbocycles. The summed E-state index contributed by atoms with van der Waals surface area (Å²) in [5, 5.41) is 5.04. The number of hydrogen-bond donors (Lipinski definition) is 1. The van der Waals surface area contributed by atoms with Gasteiger partial charge in [0.1, 0.15) is 6.04 Å². The van der Waals surface area contributed by atoms with E-state index in [1.54, 1.807) is 19.1 Å². The first kappa shape index (κ1) is 19.9. The molecule has 5 nitrogen and oxygen atoms in total. The Bertz CT molecular complexity index is 1090. The summed E-state index contributed by atoms with van der Waals surface area (Å²) in [6.45, 7) is 3.85. The number of aryl methyl sites for hydroxylation is 1. The minimum atomic E-state index is -3.62. The minimum Gasteiger partial charge on any atom is -0.350 e. The fraction of sp³-hybridized carbons (Fsp3) is 0.227. The Morgan fingerprint density at radius 3 is 2.32 bits per heavy atom. The van der Waals surface area contributed by atoms with Gasteiger partial charge >= 0.3 is 0 Å². The number of sulfonamides is 1. The van der Waals surface area contributed by atoms with Crippen molar-refractivity contribution in [1.29, 1.82) is 0 Å². The first-order valence-electron chi connectivity index (χ1n) is 9.08. The topological polar surface area (TPSA) is 66.5 Å². The number of carbonyl (C=O) groups excluding carboxylic acids is 1. The number of benzene rings is 3. The van der Waals surface area contributed by atoms with Crippen LogP contribution < -0.4 is 9.62 Å². The molecule has 1 N–H and O–H groups in total. The first-order valence-corrected chi connectivity index (χ1v) is 10.9. The molecular formula is C22H24N2O3S. The third kappa shape index (κ3) is 4.34. The highest BCUT2D eigenvalue weighted by Crippen LogP contribution is 2.22. The minimum absolute atomic E-state index is 0.329. The zero-order valence-electron chi connectivity index (χ0n) is 16.2. The Hall–Kier alpha value is -2.86. The van der Waals surface area contributed by atoms with Crippen molar-refractivity contribution in [1.82, 2.24) is 5.32 Å². The first-order chi connectivity index (χ1) is 13.3. The van der Waals surface area contributed by atoms with Gasteiger partial charge in [-0.05, 0) is 42.3 Å². The highest BCUT2D eigenvalue weighted by atomic mass is 32.2. The van der Waals surface area contributed by atoms with Crippen LogP contribution in [0, 0.1) is 6.92 Å². The molecule has 3 rings (SSSR count). The summed E-state index contributed by atoms with van der Waals surface area (Å²) in [6.07, 6.45) is 1.11. The number of carbonyl (C=O) groups is 1. The van der Waals surface area contributed by atoms with Crippen LogP contribution in [0.25, 0.3) is 10.8 Å². The highest BCUT2D eigenvalue weighted by molar-refractivity contribution is 7.92. The van der Waals surface area contributed by atoms with Crippen LogP contribution in [0.1, 0.15) is 18.1 Å². The van der Waals surface area contributed by atoms with Crippen LogP contribution in [-0.4, -0.2) is 26.6 Å². The summed E-state index contributed by atoms with van der Waals surface area (Å²) in [4.78, 5) is 12.8. The van der Waals surface area contributed by atoms with E-state index in [4.69, 9.17) is 0 Å².